The fourth-order valence-electron chi connectivity index (χ4n) is 6.97. The zero-order valence-electron chi connectivity index (χ0n) is 28.8. The lowest BCUT2D eigenvalue weighted by molar-refractivity contribution is -0.572. The third kappa shape index (κ3) is 5.53. The lowest BCUT2D eigenvalue weighted by Gasteiger charge is -2.20. The van der Waals surface area contributed by atoms with Gasteiger partial charge in [-0.3, -0.25) is 13.7 Å². The normalized spacial score (nSPS) is 11.8. The molecule has 0 unspecified atom stereocenters. The Morgan fingerprint density at radius 2 is 1.29 bits per heavy atom. The number of nitrogens with zero attached hydrogens (tertiary/aromatic N) is 4. The summed E-state index contributed by atoms with van der Waals surface area (Å²) in [4.78, 5) is 4.92. The van der Waals surface area contributed by atoms with Gasteiger partial charge in [-0.05, 0) is 82.8 Å². The van der Waals surface area contributed by atoms with Crippen molar-refractivity contribution in [3.8, 4) is 39.8 Å². The van der Waals surface area contributed by atoms with Crippen molar-refractivity contribution >= 4 is 32.8 Å². The molecule has 5 nitrogen and oxygen atoms in total. The fourth-order valence-corrected chi connectivity index (χ4v) is 6.97. The van der Waals surface area contributed by atoms with Crippen LogP contribution in [-0.2, 0) is 5.41 Å². The van der Waals surface area contributed by atoms with Gasteiger partial charge in [-0.1, -0.05) is 112 Å². The first-order valence-electron chi connectivity index (χ1n) is 17.3. The summed E-state index contributed by atoms with van der Waals surface area (Å²) in [5.74, 6) is 2.37. The predicted octanol–water partition coefficient (Wildman–Crippen LogP) is 11.0. The van der Waals surface area contributed by atoms with Crippen LogP contribution in [0.2, 0.25) is 0 Å². The maximum absolute atomic E-state index is 6.64. The molecule has 9 aromatic rings. The van der Waals surface area contributed by atoms with Gasteiger partial charge in [-0.25, -0.2) is 4.98 Å². The lowest BCUT2D eigenvalue weighted by Crippen LogP contribution is -2.29. The number of fused-ring (bicyclic) bond motifs is 4. The highest BCUT2D eigenvalue weighted by molar-refractivity contribution is 6.10. The van der Waals surface area contributed by atoms with Crippen LogP contribution in [0.15, 0.2) is 164 Å². The number of aromatic nitrogens is 4. The van der Waals surface area contributed by atoms with Gasteiger partial charge >= 0.3 is 0 Å². The SMILES string of the molecule is CC(C)(C)c1ccnc(-n2c3cc(Oc4cccc(-n5[c-][n+](-c6ccccc6)c6ccccc65)c4)ccc3c3ccc(-c4ccccc4)cc32)c1. The number of benzene rings is 6. The number of ether oxygens (including phenoxy) is 1. The van der Waals surface area contributed by atoms with Gasteiger partial charge in [0.15, 0.2) is 0 Å². The molecule has 0 radical (unpaired) electrons. The summed E-state index contributed by atoms with van der Waals surface area (Å²) in [5.41, 5.74) is 9.85. The molecule has 0 fully saturated rings. The maximum atomic E-state index is 6.64. The zero-order chi connectivity index (χ0) is 34.5. The van der Waals surface area contributed by atoms with Crippen LogP contribution in [0.1, 0.15) is 26.3 Å². The van der Waals surface area contributed by atoms with E-state index in [4.69, 9.17) is 9.72 Å². The molecule has 246 valence electrons. The van der Waals surface area contributed by atoms with Crippen molar-refractivity contribution in [1.82, 2.24) is 14.1 Å². The molecular weight excluding hydrogens is 625 g/mol. The van der Waals surface area contributed by atoms with Gasteiger partial charge in [0.1, 0.15) is 17.3 Å². The molecule has 0 N–H and O–H groups in total. The average Bonchev–Trinajstić information content (AvgIpc) is 3.71. The van der Waals surface area contributed by atoms with Crippen molar-refractivity contribution in [2.75, 3.05) is 0 Å². The monoisotopic (exact) mass is 660 g/mol. The van der Waals surface area contributed by atoms with Gasteiger partial charge in [0.2, 0.25) is 0 Å². The van der Waals surface area contributed by atoms with Crippen molar-refractivity contribution in [2.45, 2.75) is 26.2 Å². The Balaban J connectivity index is 1.16. The quantitative estimate of drug-likeness (QED) is 0.131. The molecule has 0 spiro atoms. The minimum Gasteiger partial charge on any atom is -0.458 e. The highest BCUT2D eigenvalue weighted by atomic mass is 16.5. The van der Waals surface area contributed by atoms with E-state index >= 15 is 0 Å². The average molecular weight is 661 g/mol. The molecule has 3 aromatic heterocycles. The van der Waals surface area contributed by atoms with Crippen molar-refractivity contribution < 1.29 is 9.30 Å². The third-order valence-electron chi connectivity index (χ3n) is 9.58. The molecule has 0 aliphatic rings. The van der Waals surface area contributed by atoms with Crippen molar-refractivity contribution in [2.24, 2.45) is 0 Å². The fraction of sp³-hybridized carbons (Fsp3) is 0.0870. The van der Waals surface area contributed by atoms with E-state index in [1.165, 1.54) is 16.5 Å². The highest BCUT2D eigenvalue weighted by Gasteiger charge is 2.19. The van der Waals surface area contributed by atoms with Gasteiger partial charge in [-0.15, -0.1) is 0 Å². The van der Waals surface area contributed by atoms with E-state index in [2.05, 4.69) is 168 Å². The molecule has 6 aromatic carbocycles. The number of hydrogen-bond acceptors (Lipinski definition) is 2. The Morgan fingerprint density at radius 1 is 0.588 bits per heavy atom. The van der Waals surface area contributed by atoms with Crippen LogP contribution in [0.4, 0.5) is 0 Å². The van der Waals surface area contributed by atoms with Crippen molar-refractivity contribution in [3.63, 3.8) is 0 Å². The second kappa shape index (κ2) is 12.1. The molecule has 0 amide bonds. The number of hydrogen-bond donors (Lipinski definition) is 0. The summed E-state index contributed by atoms with van der Waals surface area (Å²) in [5, 5.41) is 2.32. The van der Waals surface area contributed by atoms with E-state index in [1.807, 2.05) is 36.5 Å². The van der Waals surface area contributed by atoms with Crippen LogP contribution in [0.25, 0.3) is 61.2 Å². The highest BCUT2D eigenvalue weighted by Crippen LogP contribution is 2.38. The van der Waals surface area contributed by atoms with E-state index in [0.29, 0.717) is 0 Å². The molecule has 0 atom stereocenters. The molecular formula is C46H36N4O. The zero-order valence-corrected chi connectivity index (χ0v) is 28.8. The predicted molar refractivity (Wildman–Crippen MR) is 206 cm³/mol. The summed E-state index contributed by atoms with van der Waals surface area (Å²) >= 11 is 0. The first-order valence-corrected chi connectivity index (χ1v) is 17.3. The second-order valence-electron chi connectivity index (χ2n) is 14.0. The number of pyridine rings is 1. The minimum atomic E-state index is -0.0201. The summed E-state index contributed by atoms with van der Waals surface area (Å²) in [7, 11) is 0. The molecule has 0 aliphatic heterocycles. The summed E-state index contributed by atoms with van der Waals surface area (Å²) in [6.45, 7) is 6.71. The third-order valence-corrected chi connectivity index (χ3v) is 9.58. The Morgan fingerprint density at radius 3 is 2.10 bits per heavy atom. The van der Waals surface area contributed by atoms with Crippen LogP contribution < -0.4 is 9.30 Å². The number of rotatable bonds is 6. The maximum Gasteiger partial charge on any atom is 0.269 e. The second-order valence-corrected chi connectivity index (χ2v) is 14.0. The van der Waals surface area contributed by atoms with Crippen LogP contribution >= 0.6 is 0 Å². The van der Waals surface area contributed by atoms with E-state index < -0.39 is 0 Å². The Bertz CT molecular complexity index is 2700. The van der Waals surface area contributed by atoms with Gasteiger partial charge in [0, 0.05) is 23.0 Å². The van der Waals surface area contributed by atoms with E-state index in [0.717, 1.165) is 61.7 Å². The van der Waals surface area contributed by atoms with Crippen LogP contribution in [0, 0.1) is 6.33 Å². The molecule has 0 aliphatic carbocycles. The lowest BCUT2D eigenvalue weighted by atomic mass is 9.88. The van der Waals surface area contributed by atoms with E-state index in [1.54, 1.807) is 0 Å². The molecule has 0 saturated heterocycles. The summed E-state index contributed by atoms with van der Waals surface area (Å²) in [6, 6.07) is 54.8. The number of para-hydroxylation sites is 3. The molecule has 3 heterocycles. The standard InChI is InChI=1S/C46H36N4O/c1-46(2,3)34-25-26-47-45(28-34)50-43-27-33(32-13-6-4-7-14-32)21-23-39(43)40-24-22-38(30-44(40)50)51-37-18-12-17-36(29-37)49-31-48(35-15-8-5-9-16-35)41-19-10-11-20-42(41)49/h4-30H,1-3H3. The van der Waals surface area contributed by atoms with Crippen molar-refractivity contribution in [1.29, 1.82) is 0 Å². The minimum absolute atomic E-state index is 0.0201. The van der Waals surface area contributed by atoms with Gasteiger partial charge in [0.25, 0.3) is 6.33 Å². The summed E-state index contributed by atoms with van der Waals surface area (Å²) < 4.78 is 13.1. The van der Waals surface area contributed by atoms with Crippen LogP contribution in [0.3, 0.4) is 0 Å². The largest absolute Gasteiger partial charge is 0.458 e. The van der Waals surface area contributed by atoms with Gasteiger partial charge < -0.3 is 4.74 Å². The van der Waals surface area contributed by atoms with E-state index in [9.17, 15) is 0 Å². The first-order chi connectivity index (χ1) is 24.9. The number of imidazole rings is 1. The topological polar surface area (TPSA) is 35.9 Å². The molecule has 0 saturated carbocycles. The molecule has 0 bridgehead atoms. The molecule has 5 heteroatoms. The smallest absolute Gasteiger partial charge is 0.269 e. The molecule has 51 heavy (non-hydrogen) atoms. The van der Waals surface area contributed by atoms with Gasteiger partial charge in [0.05, 0.1) is 33.4 Å². The van der Waals surface area contributed by atoms with E-state index in [-0.39, 0.29) is 5.41 Å². The Hall–Kier alpha value is -6.46. The van der Waals surface area contributed by atoms with Crippen molar-refractivity contribution in [3.05, 3.63) is 176 Å². The van der Waals surface area contributed by atoms with Crippen LogP contribution in [-0.4, -0.2) is 14.1 Å². The molecule has 9 rings (SSSR count). The van der Waals surface area contributed by atoms with Crippen LogP contribution in [0.5, 0.6) is 11.5 Å². The first kappa shape index (κ1) is 30.6. The summed E-state index contributed by atoms with van der Waals surface area (Å²) in [6.07, 6.45) is 5.50. The Kier molecular flexibility index (Phi) is 7.29. The Labute approximate surface area is 297 Å². The van der Waals surface area contributed by atoms with Gasteiger partial charge in [-0.2, -0.15) is 0 Å².